The number of aliphatic carboxylic acids is 1. The van der Waals surface area contributed by atoms with Crippen molar-refractivity contribution in [3.8, 4) is 0 Å². The highest BCUT2D eigenvalue weighted by Crippen LogP contribution is 2.22. The van der Waals surface area contributed by atoms with Crippen molar-refractivity contribution in [2.75, 3.05) is 6.54 Å². The van der Waals surface area contributed by atoms with Crippen LogP contribution in [0, 0.1) is 5.92 Å². The molecule has 0 aromatic carbocycles. The second kappa shape index (κ2) is 4.42. The summed E-state index contributed by atoms with van der Waals surface area (Å²) in [7, 11) is 0. The first-order valence-corrected chi connectivity index (χ1v) is 4.79. The number of hydrogen-bond acceptors (Lipinski definition) is 2. The van der Waals surface area contributed by atoms with Crippen LogP contribution in [-0.4, -0.2) is 23.7 Å². The van der Waals surface area contributed by atoms with Crippen molar-refractivity contribution in [3.05, 3.63) is 12.2 Å². The van der Waals surface area contributed by atoms with Crippen LogP contribution >= 0.6 is 0 Å². The quantitative estimate of drug-likeness (QED) is 0.483. The van der Waals surface area contributed by atoms with Gasteiger partial charge in [-0.15, -0.1) is 0 Å². The van der Waals surface area contributed by atoms with E-state index in [0.717, 1.165) is 19.4 Å². The summed E-state index contributed by atoms with van der Waals surface area (Å²) in [5, 5.41) is 11.9. The van der Waals surface area contributed by atoms with E-state index < -0.39 is 5.97 Å². The summed E-state index contributed by atoms with van der Waals surface area (Å²) in [5.74, 6) is -0.241. The van der Waals surface area contributed by atoms with Crippen LogP contribution in [0.1, 0.15) is 26.2 Å². The zero-order valence-electron chi connectivity index (χ0n) is 8.05. The van der Waals surface area contributed by atoms with Gasteiger partial charge in [0.25, 0.3) is 0 Å². The smallest absolute Gasteiger partial charge is 0.330 e. The SMILES string of the molecule is C=C(CCC(CC)C1CN1)C(=O)O. The molecule has 13 heavy (non-hydrogen) atoms. The van der Waals surface area contributed by atoms with Crippen LogP contribution < -0.4 is 5.32 Å². The molecule has 3 heteroatoms. The molecular weight excluding hydrogens is 166 g/mol. The molecule has 3 nitrogen and oxygen atoms in total. The van der Waals surface area contributed by atoms with Gasteiger partial charge in [0.1, 0.15) is 0 Å². The molecular formula is C10H17NO2. The van der Waals surface area contributed by atoms with Crippen LogP contribution in [0.25, 0.3) is 0 Å². The third-order valence-corrected chi connectivity index (χ3v) is 2.65. The van der Waals surface area contributed by atoms with Crippen molar-refractivity contribution in [1.82, 2.24) is 5.32 Å². The summed E-state index contributed by atoms with van der Waals surface area (Å²) in [6.07, 6.45) is 2.68. The number of hydrogen-bond donors (Lipinski definition) is 2. The van der Waals surface area contributed by atoms with E-state index in [1.54, 1.807) is 0 Å². The maximum Gasteiger partial charge on any atom is 0.330 e. The lowest BCUT2D eigenvalue weighted by atomic mass is 9.94. The molecule has 1 aliphatic rings. The van der Waals surface area contributed by atoms with Gasteiger partial charge < -0.3 is 10.4 Å². The minimum Gasteiger partial charge on any atom is -0.478 e. The summed E-state index contributed by atoms with van der Waals surface area (Å²) in [4.78, 5) is 10.5. The topological polar surface area (TPSA) is 59.2 Å². The molecule has 0 aliphatic carbocycles. The zero-order chi connectivity index (χ0) is 9.84. The number of nitrogens with one attached hydrogen (secondary N) is 1. The number of carboxylic acid groups (broad SMARTS) is 1. The molecule has 2 N–H and O–H groups in total. The Hall–Kier alpha value is -0.830. The van der Waals surface area contributed by atoms with E-state index in [4.69, 9.17) is 5.11 Å². The van der Waals surface area contributed by atoms with Crippen molar-refractivity contribution in [1.29, 1.82) is 0 Å². The van der Waals surface area contributed by atoms with Crippen molar-refractivity contribution in [2.24, 2.45) is 5.92 Å². The molecule has 0 aromatic rings. The number of carboxylic acids is 1. The van der Waals surface area contributed by atoms with Gasteiger partial charge in [-0.2, -0.15) is 0 Å². The van der Waals surface area contributed by atoms with E-state index in [1.165, 1.54) is 0 Å². The maximum absolute atomic E-state index is 10.5. The first-order valence-electron chi connectivity index (χ1n) is 4.79. The van der Waals surface area contributed by atoms with Gasteiger partial charge >= 0.3 is 5.97 Å². The van der Waals surface area contributed by atoms with Crippen LogP contribution in [0.5, 0.6) is 0 Å². The number of carbonyl (C=O) groups is 1. The average molecular weight is 183 g/mol. The van der Waals surface area contributed by atoms with Crippen molar-refractivity contribution < 1.29 is 9.90 Å². The normalized spacial score (nSPS) is 22.4. The first kappa shape index (κ1) is 10.3. The Morgan fingerprint density at radius 2 is 2.38 bits per heavy atom. The molecule has 1 rings (SSSR count). The highest BCUT2D eigenvalue weighted by atomic mass is 16.4. The molecule has 0 amide bonds. The highest BCUT2D eigenvalue weighted by molar-refractivity contribution is 5.85. The second-order valence-corrected chi connectivity index (χ2v) is 3.63. The van der Waals surface area contributed by atoms with Gasteiger partial charge in [0, 0.05) is 18.2 Å². The lowest BCUT2D eigenvalue weighted by Gasteiger charge is -2.11. The molecule has 0 saturated carbocycles. The first-order chi connectivity index (χ1) is 6.15. The fourth-order valence-corrected chi connectivity index (χ4v) is 1.56. The minimum absolute atomic E-state index is 0.333. The summed E-state index contributed by atoms with van der Waals surface area (Å²) >= 11 is 0. The van der Waals surface area contributed by atoms with Crippen LogP contribution in [-0.2, 0) is 4.79 Å². The van der Waals surface area contributed by atoms with Crippen LogP contribution in [0.15, 0.2) is 12.2 Å². The van der Waals surface area contributed by atoms with Crippen molar-refractivity contribution >= 4 is 5.97 Å². The Morgan fingerprint density at radius 1 is 1.77 bits per heavy atom. The molecule has 1 fully saturated rings. The largest absolute Gasteiger partial charge is 0.478 e. The van der Waals surface area contributed by atoms with Crippen molar-refractivity contribution in [2.45, 2.75) is 32.2 Å². The van der Waals surface area contributed by atoms with Gasteiger partial charge in [0.2, 0.25) is 0 Å². The van der Waals surface area contributed by atoms with Crippen molar-refractivity contribution in [3.63, 3.8) is 0 Å². The second-order valence-electron chi connectivity index (χ2n) is 3.63. The molecule has 0 aromatic heterocycles. The zero-order valence-corrected chi connectivity index (χ0v) is 8.05. The molecule has 74 valence electrons. The van der Waals surface area contributed by atoms with Crippen LogP contribution in [0.4, 0.5) is 0 Å². The summed E-state index contributed by atoms with van der Waals surface area (Å²) in [6.45, 7) is 6.76. The Balaban J connectivity index is 2.23. The lowest BCUT2D eigenvalue weighted by molar-refractivity contribution is -0.132. The Kier molecular flexibility index (Phi) is 3.48. The van der Waals surface area contributed by atoms with Gasteiger partial charge in [0.05, 0.1) is 0 Å². The van der Waals surface area contributed by atoms with E-state index in [0.29, 0.717) is 24.0 Å². The van der Waals surface area contributed by atoms with E-state index in [9.17, 15) is 4.79 Å². The summed E-state index contributed by atoms with van der Waals surface area (Å²) < 4.78 is 0. The molecule has 0 bridgehead atoms. The average Bonchev–Trinajstić information content (AvgIpc) is 2.88. The van der Waals surface area contributed by atoms with E-state index in [1.807, 2.05) is 0 Å². The monoisotopic (exact) mass is 183 g/mol. The van der Waals surface area contributed by atoms with E-state index >= 15 is 0 Å². The van der Waals surface area contributed by atoms with Gasteiger partial charge in [-0.25, -0.2) is 4.79 Å². The van der Waals surface area contributed by atoms with Crippen LogP contribution in [0.3, 0.4) is 0 Å². The van der Waals surface area contributed by atoms with Crippen LogP contribution in [0.2, 0.25) is 0 Å². The summed E-state index contributed by atoms with van der Waals surface area (Å²) in [6, 6.07) is 0.631. The molecule has 1 heterocycles. The van der Waals surface area contributed by atoms with Gasteiger partial charge in [-0.1, -0.05) is 19.9 Å². The Labute approximate surface area is 78.8 Å². The molecule has 1 aliphatic heterocycles. The van der Waals surface area contributed by atoms with Gasteiger partial charge in [0.15, 0.2) is 0 Å². The molecule has 1 saturated heterocycles. The predicted molar refractivity (Wildman–Crippen MR) is 51.6 cm³/mol. The number of rotatable bonds is 6. The Bertz CT molecular complexity index is 209. The third kappa shape index (κ3) is 3.19. The highest BCUT2D eigenvalue weighted by Gasteiger charge is 2.28. The van der Waals surface area contributed by atoms with Gasteiger partial charge in [-0.05, 0) is 18.8 Å². The standard InChI is InChI=1S/C10H17NO2/c1-3-8(9-6-11-9)5-4-7(2)10(12)13/h8-9,11H,2-6H2,1H3,(H,12,13). The van der Waals surface area contributed by atoms with E-state index in [2.05, 4.69) is 18.8 Å². The minimum atomic E-state index is -0.862. The third-order valence-electron chi connectivity index (χ3n) is 2.65. The maximum atomic E-state index is 10.5. The predicted octanol–water partition coefficient (Wildman–Crippen LogP) is 1.41. The molecule has 0 radical (unpaired) electrons. The molecule has 2 unspecified atom stereocenters. The fraction of sp³-hybridized carbons (Fsp3) is 0.700. The van der Waals surface area contributed by atoms with Gasteiger partial charge in [-0.3, -0.25) is 0 Å². The fourth-order valence-electron chi connectivity index (χ4n) is 1.56. The molecule has 2 atom stereocenters. The lowest BCUT2D eigenvalue weighted by Crippen LogP contribution is -2.11. The Morgan fingerprint density at radius 3 is 2.77 bits per heavy atom. The molecule has 0 spiro atoms. The summed E-state index contributed by atoms with van der Waals surface area (Å²) in [5.41, 5.74) is 0.333. The van der Waals surface area contributed by atoms with E-state index in [-0.39, 0.29) is 0 Å².